The molecule has 2 nitrogen and oxygen atoms in total. The highest BCUT2D eigenvalue weighted by atomic mass is 79.9. The summed E-state index contributed by atoms with van der Waals surface area (Å²) in [5.41, 5.74) is 2.33. The number of aromatic amines is 1. The van der Waals surface area contributed by atoms with E-state index in [1.807, 2.05) is 6.07 Å². The van der Waals surface area contributed by atoms with Crippen molar-refractivity contribution in [2.45, 2.75) is 26.3 Å². The van der Waals surface area contributed by atoms with E-state index in [9.17, 15) is 0 Å². The van der Waals surface area contributed by atoms with Crippen LogP contribution in [0.2, 0.25) is 0 Å². The summed E-state index contributed by atoms with van der Waals surface area (Å²) in [4.78, 5) is 3.28. The van der Waals surface area contributed by atoms with Gasteiger partial charge in [-0.2, -0.15) is 0 Å². The number of nitrogens with one attached hydrogen (secondary N) is 1. The zero-order valence-electron chi connectivity index (χ0n) is 9.74. The number of hydrogen-bond acceptors (Lipinski definition) is 1. The molecule has 1 N–H and O–H groups in total. The molecule has 0 radical (unpaired) electrons. The Hall–Kier alpha value is -0.610. The predicted molar refractivity (Wildman–Crippen MR) is 76.7 cm³/mol. The van der Waals surface area contributed by atoms with Gasteiger partial charge in [-0.3, -0.25) is 0 Å². The lowest BCUT2D eigenvalue weighted by Gasteiger charge is -2.11. The monoisotopic (exact) mass is 310 g/mol. The van der Waals surface area contributed by atoms with E-state index in [0.29, 0.717) is 0 Å². The topological polar surface area (TPSA) is 20.7 Å². The molecule has 1 aliphatic carbocycles. The van der Waals surface area contributed by atoms with E-state index in [1.54, 1.807) is 0 Å². The summed E-state index contributed by atoms with van der Waals surface area (Å²) < 4.78 is 4.18. The van der Waals surface area contributed by atoms with Crippen molar-refractivity contribution in [3.63, 3.8) is 0 Å². The summed E-state index contributed by atoms with van der Waals surface area (Å²) in [6.07, 6.45) is 2.78. The highest BCUT2D eigenvalue weighted by Gasteiger charge is 2.28. The molecule has 0 bridgehead atoms. The molecule has 1 aliphatic rings. The Morgan fingerprint density at radius 2 is 2.29 bits per heavy atom. The summed E-state index contributed by atoms with van der Waals surface area (Å²) in [7, 11) is 0. The van der Waals surface area contributed by atoms with Gasteiger partial charge in [0.2, 0.25) is 0 Å². The summed E-state index contributed by atoms with van der Waals surface area (Å²) in [5.74, 6) is 1.63. The molecule has 17 heavy (non-hydrogen) atoms. The molecule has 3 rings (SSSR count). The summed E-state index contributed by atoms with van der Waals surface area (Å²) >= 11 is 8.94. The van der Waals surface area contributed by atoms with Crippen LogP contribution in [0, 0.1) is 16.6 Å². The zero-order valence-corrected chi connectivity index (χ0v) is 12.1. The number of hydrogen-bond donors (Lipinski definition) is 1. The van der Waals surface area contributed by atoms with E-state index in [0.717, 1.165) is 33.1 Å². The Labute approximate surface area is 114 Å². The minimum atomic E-state index is 0.722. The van der Waals surface area contributed by atoms with Crippen molar-refractivity contribution in [1.82, 2.24) is 9.55 Å². The number of H-pyrrole nitrogens is 1. The van der Waals surface area contributed by atoms with E-state index in [-0.39, 0.29) is 0 Å². The number of benzene rings is 1. The molecule has 1 aromatic heterocycles. The average molecular weight is 311 g/mol. The van der Waals surface area contributed by atoms with Crippen LogP contribution in [0.5, 0.6) is 0 Å². The van der Waals surface area contributed by atoms with Crippen molar-refractivity contribution in [1.29, 1.82) is 0 Å². The van der Waals surface area contributed by atoms with Crippen molar-refractivity contribution in [2.24, 2.45) is 11.8 Å². The van der Waals surface area contributed by atoms with Crippen molar-refractivity contribution >= 4 is 39.2 Å². The lowest BCUT2D eigenvalue weighted by Crippen LogP contribution is -2.09. The second kappa shape index (κ2) is 4.25. The molecule has 1 atom stereocenters. The molecule has 1 aromatic carbocycles. The number of fused-ring (bicyclic) bond motifs is 1. The first-order valence-corrected chi connectivity index (χ1v) is 7.23. The van der Waals surface area contributed by atoms with E-state index >= 15 is 0 Å². The molecule has 0 aliphatic heterocycles. The van der Waals surface area contributed by atoms with Crippen LogP contribution in [-0.2, 0) is 6.54 Å². The van der Waals surface area contributed by atoms with Gasteiger partial charge in [0.1, 0.15) is 0 Å². The Morgan fingerprint density at radius 3 is 3.00 bits per heavy atom. The fraction of sp³-hybridized carbons (Fsp3) is 0.462. The molecule has 0 saturated heterocycles. The van der Waals surface area contributed by atoms with Gasteiger partial charge in [-0.15, -0.1) is 0 Å². The first-order valence-electron chi connectivity index (χ1n) is 6.03. The number of rotatable bonds is 3. The maximum atomic E-state index is 5.41. The minimum Gasteiger partial charge on any atom is -0.331 e. The smallest absolute Gasteiger partial charge is 0.178 e. The lowest BCUT2D eigenvalue weighted by atomic mass is 10.1. The highest BCUT2D eigenvalue weighted by Crippen LogP contribution is 2.37. The maximum Gasteiger partial charge on any atom is 0.178 e. The average Bonchev–Trinajstić information content (AvgIpc) is 3.08. The normalized spacial score (nSPS) is 17.5. The molecule has 4 heteroatoms. The molecule has 1 fully saturated rings. The number of halogens is 1. The summed E-state index contributed by atoms with van der Waals surface area (Å²) in [6, 6.07) is 6.26. The Kier molecular flexibility index (Phi) is 2.87. The molecule has 0 amide bonds. The fourth-order valence-electron chi connectivity index (χ4n) is 2.41. The van der Waals surface area contributed by atoms with Crippen LogP contribution in [0.3, 0.4) is 0 Å². The van der Waals surface area contributed by atoms with E-state index < -0.39 is 0 Å². The Morgan fingerprint density at radius 1 is 1.53 bits per heavy atom. The molecule has 0 spiro atoms. The standard InChI is InChI=1S/C13H15BrN2S/c1-8(9-2-3-9)7-16-12-6-10(14)4-5-11(12)15-13(16)17/h4-6,8-9H,2-3,7H2,1H3,(H,15,17). The van der Waals surface area contributed by atoms with Crippen molar-refractivity contribution in [3.05, 3.63) is 27.4 Å². The third-order valence-corrected chi connectivity index (χ3v) is 4.45. The van der Waals surface area contributed by atoms with Crippen LogP contribution in [0.1, 0.15) is 19.8 Å². The number of aromatic nitrogens is 2. The SMILES string of the molecule is CC(Cn1c(=S)[nH]c2ccc(Br)cc21)C1CC1. The molecule has 2 aromatic rings. The molecule has 1 saturated carbocycles. The van der Waals surface area contributed by atoms with E-state index in [1.165, 1.54) is 18.4 Å². The Bertz CT molecular complexity index is 609. The highest BCUT2D eigenvalue weighted by molar-refractivity contribution is 9.10. The molecular weight excluding hydrogens is 296 g/mol. The first-order chi connectivity index (χ1) is 8.15. The van der Waals surface area contributed by atoms with Crippen LogP contribution in [0.15, 0.2) is 22.7 Å². The van der Waals surface area contributed by atoms with E-state index in [2.05, 4.69) is 44.5 Å². The van der Waals surface area contributed by atoms with Gasteiger partial charge in [-0.25, -0.2) is 0 Å². The molecule has 1 heterocycles. The first kappa shape index (κ1) is 11.5. The quantitative estimate of drug-likeness (QED) is 0.827. The third kappa shape index (κ3) is 2.20. The fourth-order valence-corrected chi connectivity index (χ4v) is 3.04. The summed E-state index contributed by atoms with van der Waals surface area (Å²) in [6.45, 7) is 3.36. The second-order valence-corrected chi connectivity index (χ2v) is 6.32. The van der Waals surface area contributed by atoms with Gasteiger partial charge < -0.3 is 9.55 Å². The van der Waals surface area contributed by atoms with Gasteiger partial charge in [0.05, 0.1) is 11.0 Å². The van der Waals surface area contributed by atoms with Gasteiger partial charge in [-0.05, 0) is 55.1 Å². The third-order valence-electron chi connectivity index (χ3n) is 3.63. The summed E-state index contributed by atoms with van der Waals surface area (Å²) in [5, 5.41) is 0. The molecule has 1 unspecified atom stereocenters. The Balaban J connectivity index is 2.04. The molecule has 90 valence electrons. The number of nitrogens with zero attached hydrogens (tertiary/aromatic N) is 1. The van der Waals surface area contributed by atoms with Crippen LogP contribution >= 0.6 is 28.1 Å². The van der Waals surface area contributed by atoms with Crippen LogP contribution < -0.4 is 0 Å². The van der Waals surface area contributed by atoms with Gasteiger partial charge >= 0.3 is 0 Å². The molecular formula is C13H15BrN2S. The maximum absolute atomic E-state index is 5.41. The zero-order chi connectivity index (χ0) is 12.0. The van der Waals surface area contributed by atoms with Crippen LogP contribution in [0.4, 0.5) is 0 Å². The van der Waals surface area contributed by atoms with Crippen molar-refractivity contribution in [2.75, 3.05) is 0 Å². The van der Waals surface area contributed by atoms with Gasteiger partial charge in [0.15, 0.2) is 4.77 Å². The van der Waals surface area contributed by atoms with Gasteiger partial charge in [0, 0.05) is 11.0 Å². The van der Waals surface area contributed by atoms with Crippen molar-refractivity contribution < 1.29 is 0 Å². The van der Waals surface area contributed by atoms with E-state index in [4.69, 9.17) is 12.2 Å². The second-order valence-electron chi connectivity index (χ2n) is 5.02. The minimum absolute atomic E-state index is 0.722. The van der Waals surface area contributed by atoms with Gasteiger partial charge in [-0.1, -0.05) is 22.9 Å². The largest absolute Gasteiger partial charge is 0.331 e. The van der Waals surface area contributed by atoms with Crippen molar-refractivity contribution in [3.8, 4) is 0 Å². The predicted octanol–water partition coefficient (Wildman–Crippen LogP) is 4.51. The number of imidazole rings is 1. The van der Waals surface area contributed by atoms with Crippen LogP contribution in [0.25, 0.3) is 11.0 Å². The van der Waals surface area contributed by atoms with Crippen LogP contribution in [-0.4, -0.2) is 9.55 Å². The lowest BCUT2D eigenvalue weighted by molar-refractivity contribution is 0.434. The van der Waals surface area contributed by atoms with Gasteiger partial charge in [0.25, 0.3) is 0 Å².